The Bertz CT molecular complexity index is 369. The predicted molar refractivity (Wildman–Crippen MR) is 56.9 cm³/mol. The third-order valence-corrected chi connectivity index (χ3v) is 1.85. The molecule has 7 heteroatoms. The number of carbonyl (C=O) groups excluding carboxylic acids is 2. The number of nitrogens with zero attached hydrogens (tertiary/aromatic N) is 1. The number of nitrogens with one attached hydrogen (secondary N) is 1. The molecule has 1 aromatic rings. The van der Waals surface area contributed by atoms with E-state index in [0.29, 0.717) is 0 Å². The van der Waals surface area contributed by atoms with Crippen LogP contribution in [0.1, 0.15) is 31.3 Å². The van der Waals surface area contributed by atoms with Crippen LogP contribution in [0.2, 0.25) is 0 Å². The summed E-state index contributed by atoms with van der Waals surface area (Å²) in [5.74, 6) is -0.730. The van der Waals surface area contributed by atoms with Gasteiger partial charge in [-0.3, -0.25) is 0 Å². The largest absolute Gasteiger partial charge is 0.442 e. The van der Waals surface area contributed by atoms with Crippen molar-refractivity contribution >= 4 is 23.4 Å². The number of hydrogen-bond acceptors (Lipinski definition) is 6. The van der Waals surface area contributed by atoms with Gasteiger partial charge in [0, 0.05) is 5.38 Å². The van der Waals surface area contributed by atoms with Gasteiger partial charge in [0.1, 0.15) is 5.60 Å². The van der Waals surface area contributed by atoms with Crippen molar-refractivity contribution in [1.82, 2.24) is 10.5 Å². The van der Waals surface area contributed by atoms with Crippen LogP contribution < -0.4 is 5.48 Å². The van der Waals surface area contributed by atoms with E-state index in [1.807, 2.05) is 5.48 Å². The highest BCUT2D eigenvalue weighted by molar-refractivity contribution is 7.07. The molecule has 0 atom stereocenters. The number of hydrogen-bond donors (Lipinski definition) is 1. The molecule has 0 spiro atoms. The fraction of sp³-hybridized carbons (Fsp3) is 0.444. The third kappa shape index (κ3) is 4.26. The lowest BCUT2D eigenvalue weighted by Crippen LogP contribution is -2.34. The maximum Gasteiger partial charge on any atom is 0.441 e. The summed E-state index contributed by atoms with van der Waals surface area (Å²) in [7, 11) is 0. The lowest BCUT2D eigenvalue weighted by molar-refractivity contribution is -0.00161. The van der Waals surface area contributed by atoms with Gasteiger partial charge >= 0.3 is 12.1 Å². The van der Waals surface area contributed by atoms with Crippen LogP contribution >= 0.6 is 11.3 Å². The van der Waals surface area contributed by atoms with Gasteiger partial charge in [-0.25, -0.2) is 14.6 Å². The highest BCUT2D eigenvalue weighted by atomic mass is 32.1. The first-order valence-electron chi connectivity index (χ1n) is 4.47. The number of ether oxygens (including phenoxy) is 1. The highest BCUT2D eigenvalue weighted by Crippen LogP contribution is 2.07. The Hall–Kier alpha value is -1.63. The Morgan fingerprint density at radius 2 is 2.12 bits per heavy atom. The number of carbonyl (C=O) groups is 2. The molecule has 0 fully saturated rings. The minimum absolute atomic E-state index is 0.140. The molecule has 6 nitrogen and oxygen atoms in total. The molecule has 0 saturated carbocycles. The molecule has 1 heterocycles. The minimum atomic E-state index is -0.823. The summed E-state index contributed by atoms with van der Waals surface area (Å²) < 4.78 is 4.86. The summed E-state index contributed by atoms with van der Waals surface area (Å²) in [5, 5.41) is 1.51. The van der Waals surface area contributed by atoms with Crippen LogP contribution in [0.25, 0.3) is 0 Å². The second kappa shape index (κ2) is 4.93. The molecule has 0 bridgehead atoms. The predicted octanol–water partition coefficient (Wildman–Crippen LogP) is 1.74. The minimum Gasteiger partial charge on any atom is -0.442 e. The molecule has 1 N–H and O–H groups in total. The molecule has 1 amide bonds. The maximum absolute atomic E-state index is 11.2. The summed E-state index contributed by atoms with van der Waals surface area (Å²) >= 11 is 1.26. The molecule has 0 radical (unpaired) electrons. The van der Waals surface area contributed by atoms with Crippen LogP contribution in [-0.2, 0) is 9.57 Å². The van der Waals surface area contributed by atoms with Gasteiger partial charge in [0.05, 0.1) is 5.51 Å². The lowest BCUT2D eigenvalue weighted by Gasteiger charge is -2.18. The van der Waals surface area contributed by atoms with Gasteiger partial charge in [-0.15, -0.1) is 16.8 Å². The standard InChI is InChI=1S/C9H12N2O4S/c1-9(2,3)14-8(13)11-15-7(12)6-4-16-5-10-6/h4-5H,1-3H3,(H,11,13). The van der Waals surface area contributed by atoms with Crippen LogP contribution in [-0.4, -0.2) is 22.6 Å². The average molecular weight is 244 g/mol. The molecule has 0 aliphatic heterocycles. The van der Waals surface area contributed by atoms with Crippen molar-refractivity contribution < 1.29 is 19.2 Å². The van der Waals surface area contributed by atoms with E-state index in [1.165, 1.54) is 22.2 Å². The van der Waals surface area contributed by atoms with Gasteiger partial charge in [0.15, 0.2) is 5.69 Å². The van der Waals surface area contributed by atoms with E-state index in [2.05, 4.69) is 9.82 Å². The topological polar surface area (TPSA) is 77.5 Å². The average Bonchev–Trinajstić information content (AvgIpc) is 2.64. The number of aromatic nitrogens is 1. The first-order chi connectivity index (χ1) is 7.38. The van der Waals surface area contributed by atoms with Crippen molar-refractivity contribution in [1.29, 1.82) is 0 Å². The number of thiazole rings is 1. The Morgan fingerprint density at radius 1 is 1.44 bits per heavy atom. The first kappa shape index (κ1) is 12.4. The molecule has 0 aliphatic rings. The quantitative estimate of drug-likeness (QED) is 0.761. The molecule has 1 rings (SSSR count). The van der Waals surface area contributed by atoms with Crippen molar-refractivity contribution in [2.24, 2.45) is 0 Å². The fourth-order valence-electron chi connectivity index (χ4n) is 0.753. The molecule has 16 heavy (non-hydrogen) atoms. The number of amides is 1. The molecule has 88 valence electrons. The zero-order valence-electron chi connectivity index (χ0n) is 9.14. The fourth-order valence-corrected chi connectivity index (χ4v) is 1.27. The lowest BCUT2D eigenvalue weighted by atomic mass is 10.2. The molecule has 0 aliphatic carbocycles. The van der Waals surface area contributed by atoms with Crippen LogP contribution in [0.3, 0.4) is 0 Å². The van der Waals surface area contributed by atoms with Crippen LogP contribution in [0, 0.1) is 0 Å². The Kier molecular flexibility index (Phi) is 3.83. The second-order valence-corrected chi connectivity index (χ2v) is 4.59. The van der Waals surface area contributed by atoms with E-state index >= 15 is 0 Å². The monoisotopic (exact) mass is 244 g/mol. The van der Waals surface area contributed by atoms with Gasteiger partial charge < -0.3 is 9.57 Å². The van der Waals surface area contributed by atoms with E-state index < -0.39 is 17.7 Å². The summed E-state index contributed by atoms with van der Waals surface area (Å²) in [6, 6.07) is 0. The molecular formula is C9H12N2O4S. The molecular weight excluding hydrogens is 232 g/mol. The van der Waals surface area contributed by atoms with Gasteiger partial charge in [-0.05, 0) is 20.8 Å². The first-order valence-corrected chi connectivity index (χ1v) is 5.41. The SMILES string of the molecule is CC(C)(C)OC(=O)NOC(=O)c1cscn1. The van der Waals surface area contributed by atoms with Crippen LogP contribution in [0.15, 0.2) is 10.9 Å². The summed E-state index contributed by atoms with van der Waals surface area (Å²) in [4.78, 5) is 30.5. The van der Waals surface area contributed by atoms with E-state index in [4.69, 9.17) is 4.74 Å². The zero-order valence-corrected chi connectivity index (χ0v) is 9.96. The number of hydroxylamine groups is 1. The smallest absolute Gasteiger partial charge is 0.441 e. The van der Waals surface area contributed by atoms with E-state index in [0.717, 1.165) is 0 Å². The summed E-state index contributed by atoms with van der Waals surface area (Å²) in [5.41, 5.74) is 2.87. The Morgan fingerprint density at radius 3 is 2.62 bits per heavy atom. The molecule has 1 aromatic heterocycles. The second-order valence-electron chi connectivity index (χ2n) is 3.87. The van der Waals surface area contributed by atoms with Crippen molar-refractivity contribution in [3.63, 3.8) is 0 Å². The zero-order chi connectivity index (χ0) is 12.2. The van der Waals surface area contributed by atoms with E-state index in [1.54, 1.807) is 20.8 Å². The third-order valence-electron chi connectivity index (χ3n) is 1.27. The van der Waals surface area contributed by atoms with Crippen molar-refractivity contribution in [3.05, 3.63) is 16.6 Å². The van der Waals surface area contributed by atoms with Gasteiger partial charge in [0.25, 0.3) is 0 Å². The van der Waals surface area contributed by atoms with E-state index in [9.17, 15) is 9.59 Å². The van der Waals surface area contributed by atoms with Crippen molar-refractivity contribution in [3.8, 4) is 0 Å². The Balaban J connectivity index is 2.35. The van der Waals surface area contributed by atoms with Crippen molar-refractivity contribution in [2.45, 2.75) is 26.4 Å². The van der Waals surface area contributed by atoms with Crippen molar-refractivity contribution in [2.75, 3.05) is 0 Å². The molecule has 0 aromatic carbocycles. The number of rotatable bonds is 1. The summed E-state index contributed by atoms with van der Waals surface area (Å²) in [6.45, 7) is 5.11. The molecule has 0 saturated heterocycles. The van der Waals surface area contributed by atoms with Crippen LogP contribution in [0.4, 0.5) is 4.79 Å². The normalized spacial score (nSPS) is 10.7. The van der Waals surface area contributed by atoms with Gasteiger partial charge in [-0.2, -0.15) is 0 Å². The summed E-state index contributed by atoms with van der Waals surface area (Å²) in [6.07, 6.45) is -0.823. The van der Waals surface area contributed by atoms with Gasteiger partial charge in [0.2, 0.25) is 0 Å². The van der Waals surface area contributed by atoms with E-state index in [-0.39, 0.29) is 5.69 Å². The Labute approximate surface area is 96.5 Å². The van der Waals surface area contributed by atoms with Gasteiger partial charge in [-0.1, -0.05) is 0 Å². The maximum atomic E-state index is 11.2. The highest BCUT2D eigenvalue weighted by Gasteiger charge is 2.18. The van der Waals surface area contributed by atoms with Crippen LogP contribution in [0.5, 0.6) is 0 Å². The molecule has 0 unspecified atom stereocenters.